The normalized spacial score (nSPS) is 20.9. The second-order valence-electron chi connectivity index (χ2n) is 4.23. The zero-order valence-electron chi connectivity index (χ0n) is 9.77. The van der Waals surface area contributed by atoms with Crippen LogP contribution in [0.4, 0.5) is 5.69 Å². The molecule has 0 aliphatic carbocycles. The van der Waals surface area contributed by atoms with E-state index in [0.717, 1.165) is 12.2 Å². The number of piperazine rings is 1. The zero-order chi connectivity index (χ0) is 12.4. The molecule has 0 aromatic heterocycles. The minimum atomic E-state index is 0.0486. The molecule has 1 saturated heterocycles. The van der Waals surface area contributed by atoms with Gasteiger partial charge in [0.2, 0.25) is 5.91 Å². The fourth-order valence-electron chi connectivity index (χ4n) is 2.04. The molecule has 1 aromatic rings. The van der Waals surface area contributed by atoms with Crippen molar-refractivity contribution in [2.24, 2.45) is 5.73 Å². The number of amides is 1. The summed E-state index contributed by atoms with van der Waals surface area (Å²) in [6, 6.07) is 7.60. The SMILES string of the molecule is CN1C(=O)CN(c2ccccc2Cl)CC1CN. The van der Waals surface area contributed by atoms with Crippen molar-refractivity contribution in [3.63, 3.8) is 0 Å². The standard InChI is InChI=1S/C12H16ClN3O/c1-15-9(6-14)7-16(8-12(15)17)11-5-3-2-4-10(11)13/h2-5,9H,6-8,14H2,1H3. The summed E-state index contributed by atoms with van der Waals surface area (Å²) < 4.78 is 0. The Bertz CT molecular complexity index is 424. The lowest BCUT2D eigenvalue weighted by molar-refractivity contribution is -0.131. The molecule has 1 unspecified atom stereocenters. The molecule has 1 aliphatic rings. The minimum Gasteiger partial charge on any atom is -0.359 e. The van der Waals surface area contributed by atoms with Crippen LogP contribution in [-0.4, -0.2) is 43.5 Å². The van der Waals surface area contributed by atoms with E-state index in [1.807, 2.05) is 29.2 Å². The van der Waals surface area contributed by atoms with E-state index in [0.29, 0.717) is 18.1 Å². The molecular weight excluding hydrogens is 238 g/mol. The number of hydrogen-bond donors (Lipinski definition) is 1. The Morgan fingerprint density at radius 1 is 1.47 bits per heavy atom. The smallest absolute Gasteiger partial charge is 0.242 e. The summed E-state index contributed by atoms with van der Waals surface area (Å²) in [5.74, 6) is 0.0756. The van der Waals surface area contributed by atoms with E-state index >= 15 is 0 Å². The van der Waals surface area contributed by atoms with Crippen molar-refractivity contribution in [1.82, 2.24) is 4.90 Å². The molecule has 5 heteroatoms. The monoisotopic (exact) mass is 253 g/mol. The third-order valence-electron chi connectivity index (χ3n) is 3.16. The van der Waals surface area contributed by atoms with Gasteiger partial charge in [-0.2, -0.15) is 0 Å². The second-order valence-corrected chi connectivity index (χ2v) is 4.63. The summed E-state index contributed by atoms with van der Waals surface area (Å²) in [6.07, 6.45) is 0. The summed E-state index contributed by atoms with van der Waals surface area (Å²) in [7, 11) is 1.80. The lowest BCUT2D eigenvalue weighted by Crippen LogP contribution is -2.57. The summed E-state index contributed by atoms with van der Waals surface area (Å²) in [4.78, 5) is 15.5. The maximum atomic E-state index is 11.8. The molecular formula is C12H16ClN3O. The number of halogens is 1. The number of nitrogens with two attached hydrogens (primary N) is 1. The Hall–Kier alpha value is -1.26. The number of anilines is 1. The van der Waals surface area contributed by atoms with Gasteiger partial charge in [-0.3, -0.25) is 4.79 Å². The Balaban J connectivity index is 2.23. The summed E-state index contributed by atoms with van der Waals surface area (Å²) in [5, 5.41) is 0.667. The van der Waals surface area contributed by atoms with Gasteiger partial charge in [0.15, 0.2) is 0 Å². The molecule has 1 fully saturated rings. The maximum absolute atomic E-state index is 11.8. The van der Waals surface area contributed by atoms with E-state index < -0.39 is 0 Å². The van der Waals surface area contributed by atoms with Crippen molar-refractivity contribution < 1.29 is 4.79 Å². The van der Waals surface area contributed by atoms with Crippen LogP contribution in [0.5, 0.6) is 0 Å². The predicted octanol–water partition coefficient (Wildman–Crippen LogP) is 0.946. The zero-order valence-corrected chi connectivity index (χ0v) is 10.5. The van der Waals surface area contributed by atoms with E-state index in [1.54, 1.807) is 11.9 Å². The largest absolute Gasteiger partial charge is 0.359 e. The molecule has 17 heavy (non-hydrogen) atoms. The van der Waals surface area contributed by atoms with Gasteiger partial charge in [-0.1, -0.05) is 23.7 Å². The van der Waals surface area contributed by atoms with Gasteiger partial charge in [-0.15, -0.1) is 0 Å². The van der Waals surface area contributed by atoms with Gasteiger partial charge in [0.25, 0.3) is 0 Å². The number of rotatable bonds is 2. The summed E-state index contributed by atoms with van der Waals surface area (Å²) in [6.45, 7) is 1.54. The molecule has 1 aliphatic heterocycles. The number of carbonyl (C=O) groups excluding carboxylic acids is 1. The molecule has 0 radical (unpaired) electrons. The van der Waals surface area contributed by atoms with Crippen molar-refractivity contribution in [3.8, 4) is 0 Å². The molecule has 2 N–H and O–H groups in total. The van der Waals surface area contributed by atoms with E-state index in [4.69, 9.17) is 17.3 Å². The van der Waals surface area contributed by atoms with E-state index in [2.05, 4.69) is 0 Å². The fourth-order valence-corrected chi connectivity index (χ4v) is 2.30. The highest BCUT2D eigenvalue weighted by atomic mass is 35.5. The number of para-hydroxylation sites is 1. The molecule has 1 amide bonds. The molecule has 92 valence electrons. The number of carbonyl (C=O) groups is 1. The molecule has 1 aromatic carbocycles. The molecule has 0 saturated carbocycles. The van der Waals surface area contributed by atoms with Gasteiger partial charge in [-0.25, -0.2) is 0 Å². The molecule has 4 nitrogen and oxygen atoms in total. The van der Waals surface area contributed by atoms with Crippen molar-refractivity contribution in [2.75, 3.05) is 31.6 Å². The number of likely N-dealkylation sites (N-methyl/N-ethyl adjacent to an activating group) is 1. The van der Waals surface area contributed by atoms with Crippen molar-refractivity contribution in [3.05, 3.63) is 29.3 Å². The van der Waals surface area contributed by atoms with E-state index in [1.165, 1.54) is 0 Å². The lowest BCUT2D eigenvalue weighted by Gasteiger charge is -2.39. The first-order chi connectivity index (χ1) is 8.13. The number of hydrogen-bond acceptors (Lipinski definition) is 3. The number of benzene rings is 1. The summed E-state index contributed by atoms with van der Waals surface area (Å²) in [5.41, 5.74) is 6.58. The van der Waals surface area contributed by atoms with Gasteiger partial charge >= 0.3 is 0 Å². The molecule has 0 spiro atoms. The fraction of sp³-hybridized carbons (Fsp3) is 0.417. The van der Waals surface area contributed by atoms with Gasteiger partial charge in [0, 0.05) is 20.1 Å². The average Bonchev–Trinajstić information content (AvgIpc) is 2.33. The van der Waals surface area contributed by atoms with Crippen LogP contribution in [0.2, 0.25) is 5.02 Å². The quantitative estimate of drug-likeness (QED) is 0.854. The van der Waals surface area contributed by atoms with Gasteiger partial charge in [0.05, 0.1) is 23.3 Å². The predicted molar refractivity (Wildman–Crippen MR) is 69.3 cm³/mol. The Labute approximate surface area is 106 Å². The number of nitrogens with zero attached hydrogens (tertiary/aromatic N) is 2. The lowest BCUT2D eigenvalue weighted by atomic mass is 10.1. The van der Waals surface area contributed by atoms with Crippen LogP contribution in [0.3, 0.4) is 0 Å². The first kappa shape index (κ1) is 12.2. The topological polar surface area (TPSA) is 49.6 Å². The highest BCUT2D eigenvalue weighted by molar-refractivity contribution is 6.33. The van der Waals surface area contributed by atoms with E-state index in [-0.39, 0.29) is 11.9 Å². The first-order valence-electron chi connectivity index (χ1n) is 5.58. The minimum absolute atomic E-state index is 0.0486. The van der Waals surface area contributed by atoms with Crippen molar-refractivity contribution in [1.29, 1.82) is 0 Å². The van der Waals surface area contributed by atoms with Gasteiger partial charge in [-0.05, 0) is 12.1 Å². The highest BCUT2D eigenvalue weighted by Gasteiger charge is 2.29. The molecule has 2 rings (SSSR count). The van der Waals surface area contributed by atoms with Crippen molar-refractivity contribution >= 4 is 23.2 Å². The van der Waals surface area contributed by atoms with Crippen LogP contribution >= 0.6 is 11.6 Å². The maximum Gasteiger partial charge on any atom is 0.242 e. The van der Waals surface area contributed by atoms with Crippen molar-refractivity contribution in [2.45, 2.75) is 6.04 Å². The van der Waals surface area contributed by atoms with E-state index in [9.17, 15) is 4.79 Å². The van der Waals surface area contributed by atoms with Crippen LogP contribution in [0.1, 0.15) is 0 Å². The van der Waals surface area contributed by atoms with Gasteiger partial charge in [0.1, 0.15) is 0 Å². The third kappa shape index (κ3) is 2.37. The Morgan fingerprint density at radius 2 is 2.18 bits per heavy atom. The Kier molecular flexibility index (Phi) is 3.54. The van der Waals surface area contributed by atoms with Crippen LogP contribution in [0, 0.1) is 0 Å². The second kappa shape index (κ2) is 4.94. The van der Waals surface area contributed by atoms with Crippen LogP contribution in [-0.2, 0) is 4.79 Å². The van der Waals surface area contributed by atoms with Gasteiger partial charge < -0.3 is 15.5 Å². The molecule has 1 heterocycles. The van der Waals surface area contributed by atoms with Crippen LogP contribution in [0.25, 0.3) is 0 Å². The average molecular weight is 254 g/mol. The third-order valence-corrected chi connectivity index (χ3v) is 3.48. The highest BCUT2D eigenvalue weighted by Crippen LogP contribution is 2.27. The summed E-state index contributed by atoms with van der Waals surface area (Å²) >= 11 is 6.13. The van der Waals surface area contributed by atoms with Crippen LogP contribution in [0.15, 0.2) is 24.3 Å². The molecule has 1 atom stereocenters. The first-order valence-corrected chi connectivity index (χ1v) is 5.96. The van der Waals surface area contributed by atoms with Crippen LogP contribution < -0.4 is 10.6 Å². The Morgan fingerprint density at radius 3 is 2.82 bits per heavy atom. The molecule has 0 bridgehead atoms.